The fourth-order valence-corrected chi connectivity index (χ4v) is 4.02. The fourth-order valence-electron chi connectivity index (χ4n) is 4.02. The second-order valence-corrected chi connectivity index (χ2v) is 6.50. The average Bonchev–Trinajstić information content (AvgIpc) is 2.51. The molecule has 3 N–H and O–H groups in total. The van der Waals surface area contributed by atoms with Gasteiger partial charge in [0.05, 0.1) is 0 Å². The molecule has 0 fully saturated rings. The second kappa shape index (κ2) is 4.61. The zero-order valence-electron chi connectivity index (χ0n) is 13.0. The maximum absolute atomic E-state index is 13.8. The van der Waals surface area contributed by atoms with E-state index in [2.05, 4.69) is 4.90 Å². The first-order valence-electron chi connectivity index (χ1n) is 7.69. The Morgan fingerprint density at radius 2 is 1.91 bits per heavy atom. The van der Waals surface area contributed by atoms with Crippen molar-refractivity contribution < 1.29 is 19.7 Å². The number of benzene rings is 2. The van der Waals surface area contributed by atoms with Crippen LogP contribution in [-0.4, -0.2) is 33.8 Å². The molecule has 23 heavy (non-hydrogen) atoms. The van der Waals surface area contributed by atoms with E-state index in [1.54, 1.807) is 6.07 Å². The highest BCUT2D eigenvalue weighted by molar-refractivity contribution is 5.84. The van der Waals surface area contributed by atoms with Crippen LogP contribution in [0, 0.1) is 12.7 Å². The molecule has 2 aliphatic rings. The molecule has 5 heteroatoms. The van der Waals surface area contributed by atoms with Crippen LogP contribution in [0.25, 0.3) is 11.1 Å². The fraction of sp³-hybridized carbons (Fsp3) is 0.333. The Hall–Kier alpha value is -2.27. The SMILES string of the molecule is Cc1c(O)cc2c3c1CCN(C)C3Cc1cc(F)c(O)c(O)c1-2. The molecular weight excluding hydrogens is 297 g/mol. The van der Waals surface area contributed by atoms with Crippen molar-refractivity contribution in [1.82, 2.24) is 4.90 Å². The number of phenols is 3. The zero-order chi connectivity index (χ0) is 16.5. The van der Waals surface area contributed by atoms with Crippen LogP contribution >= 0.6 is 0 Å². The van der Waals surface area contributed by atoms with Crippen molar-refractivity contribution in [2.75, 3.05) is 13.6 Å². The minimum atomic E-state index is -0.820. The molecule has 1 atom stereocenters. The standard InChI is InChI=1S/C18H18FNO3/c1-8-10-3-4-20(2)13-6-9-5-12(19)17(22)18(23)15(9)11(16(10)13)7-14(8)21/h5,7,13,21-23H,3-4,6H2,1-2H3. The molecule has 4 nitrogen and oxygen atoms in total. The van der Waals surface area contributed by atoms with Gasteiger partial charge in [-0.1, -0.05) is 0 Å². The van der Waals surface area contributed by atoms with Gasteiger partial charge < -0.3 is 15.3 Å². The van der Waals surface area contributed by atoms with Crippen LogP contribution in [0.3, 0.4) is 0 Å². The van der Waals surface area contributed by atoms with Gasteiger partial charge in [0.2, 0.25) is 0 Å². The van der Waals surface area contributed by atoms with E-state index in [-0.39, 0.29) is 11.8 Å². The molecular formula is C18H18FNO3. The molecule has 1 aliphatic heterocycles. The van der Waals surface area contributed by atoms with Crippen molar-refractivity contribution in [2.45, 2.75) is 25.8 Å². The first-order chi connectivity index (χ1) is 10.9. The Morgan fingerprint density at radius 1 is 1.17 bits per heavy atom. The van der Waals surface area contributed by atoms with Crippen LogP contribution in [0.1, 0.15) is 28.3 Å². The van der Waals surface area contributed by atoms with Crippen molar-refractivity contribution in [3.8, 4) is 28.4 Å². The molecule has 0 radical (unpaired) electrons. The summed E-state index contributed by atoms with van der Waals surface area (Å²) in [6.07, 6.45) is 1.39. The normalized spacial score (nSPS) is 19.3. The van der Waals surface area contributed by atoms with E-state index >= 15 is 0 Å². The molecule has 0 aromatic heterocycles. The summed E-state index contributed by atoms with van der Waals surface area (Å²) in [5.74, 6) is -1.84. The highest BCUT2D eigenvalue weighted by Gasteiger charge is 2.36. The summed E-state index contributed by atoms with van der Waals surface area (Å²) >= 11 is 0. The molecule has 2 aromatic rings. The van der Waals surface area contributed by atoms with Gasteiger partial charge in [0.25, 0.3) is 0 Å². The topological polar surface area (TPSA) is 63.9 Å². The maximum Gasteiger partial charge on any atom is 0.194 e. The van der Waals surface area contributed by atoms with E-state index in [9.17, 15) is 19.7 Å². The van der Waals surface area contributed by atoms with Gasteiger partial charge in [-0.2, -0.15) is 0 Å². The lowest BCUT2D eigenvalue weighted by Crippen LogP contribution is -2.36. The van der Waals surface area contributed by atoms with Gasteiger partial charge in [-0.25, -0.2) is 4.39 Å². The van der Waals surface area contributed by atoms with E-state index in [4.69, 9.17) is 0 Å². The van der Waals surface area contributed by atoms with E-state index < -0.39 is 17.3 Å². The smallest absolute Gasteiger partial charge is 0.194 e. The van der Waals surface area contributed by atoms with Gasteiger partial charge >= 0.3 is 0 Å². The molecule has 4 rings (SSSR count). The quantitative estimate of drug-likeness (QED) is 0.654. The number of hydrogen-bond donors (Lipinski definition) is 3. The number of likely N-dealkylation sites (N-methyl/N-ethyl adjacent to an activating group) is 1. The van der Waals surface area contributed by atoms with Crippen LogP contribution in [-0.2, 0) is 12.8 Å². The molecule has 0 spiro atoms. The summed E-state index contributed by atoms with van der Waals surface area (Å²) in [6.45, 7) is 2.76. The minimum absolute atomic E-state index is 0.0869. The van der Waals surface area contributed by atoms with Crippen molar-refractivity contribution >= 4 is 0 Å². The lowest BCUT2D eigenvalue weighted by molar-refractivity contribution is 0.227. The predicted octanol–water partition coefficient (Wildman–Crippen LogP) is 3.00. The zero-order valence-corrected chi connectivity index (χ0v) is 13.0. The third-order valence-corrected chi connectivity index (χ3v) is 5.31. The summed E-state index contributed by atoms with van der Waals surface area (Å²) in [7, 11) is 2.03. The molecule has 1 heterocycles. The summed E-state index contributed by atoms with van der Waals surface area (Å²) in [5.41, 5.74) is 4.80. The number of phenolic OH excluding ortho intramolecular Hbond substituents is 3. The third kappa shape index (κ3) is 1.80. The van der Waals surface area contributed by atoms with Crippen molar-refractivity contribution in [3.05, 3.63) is 40.2 Å². The van der Waals surface area contributed by atoms with Gasteiger partial charge in [-0.15, -0.1) is 0 Å². The van der Waals surface area contributed by atoms with Gasteiger partial charge in [0.1, 0.15) is 5.75 Å². The lowest BCUT2D eigenvalue weighted by atomic mass is 9.75. The molecule has 0 amide bonds. The lowest BCUT2D eigenvalue weighted by Gasteiger charge is -2.40. The number of hydrogen-bond acceptors (Lipinski definition) is 4. The highest BCUT2D eigenvalue weighted by Crippen LogP contribution is 2.52. The van der Waals surface area contributed by atoms with Crippen molar-refractivity contribution in [3.63, 3.8) is 0 Å². The summed E-state index contributed by atoms with van der Waals surface area (Å²) < 4.78 is 13.8. The summed E-state index contributed by atoms with van der Waals surface area (Å²) in [4.78, 5) is 2.22. The average molecular weight is 315 g/mol. The van der Waals surface area contributed by atoms with E-state index in [1.165, 1.54) is 6.07 Å². The molecule has 1 aliphatic carbocycles. The van der Waals surface area contributed by atoms with E-state index in [0.29, 0.717) is 23.1 Å². The molecule has 0 saturated carbocycles. The molecule has 1 unspecified atom stereocenters. The van der Waals surface area contributed by atoms with Gasteiger partial charge in [0.15, 0.2) is 17.3 Å². The maximum atomic E-state index is 13.8. The Balaban J connectivity index is 2.11. The van der Waals surface area contributed by atoms with E-state index in [0.717, 1.165) is 29.7 Å². The first kappa shape index (κ1) is 14.3. The number of rotatable bonds is 0. The molecule has 0 saturated heterocycles. The summed E-state index contributed by atoms with van der Waals surface area (Å²) in [6, 6.07) is 2.99. The van der Waals surface area contributed by atoms with Crippen molar-refractivity contribution in [1.29, 1.82) is 0 Å². The third-order valence-electron chi connectivity index (χ3n) is 5.31. The number of fused-ring (bicyclic) bond motifs is 2. The number of aromatic hydroxyl groups is 3. The van der Waals surface area contributed by atoms with Crippen LogP contribution in [0.5, 0.6) is 17.2 Å². The van der Waals surface area contributed by atoms with Gasteiger partial charge in [0, 0.05) is 18.2 Å². The van der Waals surface area contributed by atoms with E-state index in [1.807, 2.05) is 14.0 Å². The number of halogens is 1. The minimum Gasteiger partial charge on any atom is -0.508 e. The Morgan fingerprint density at radius 3 is 2.65 bits per heavy atom. The molecule has 120 valence electrons. The number of nitrogens with zero attached hydrogens (tertiary/aromatic N) is 1. The second-order valence-electron chi connectivity index (χ2n) is 6.50. The first-order valence-corrected chi connectivity index (χ1v) is 7.69. The van der Waals surface area contributed by atoms with Crippen LogP contribution in [0.4, 0.5) is 4.39 Å². The van der Waals surface area contributed by atoms with Crippen LogP contribution in [0.2, 0.25) is 0 Å². The molecule has 0 bridgehead atoms. The monoisotopic (exact) mass is 315 g/mol. The Labute approximate surface area is 133 Å². The van der Waals surface area contributed by atoms with Gasteiger partial charge in [-0.05, 0) is 66.8 Å². The van der Waals surface area contributed by atoms with Crippen LogP contribution in [0.15, 0.2) is 12.1 Å². The highest BCUT2D eigenvalue weighted by atomic mass is 19.1. The van der Waals surface area contributed by atoms with Gasteiger partial charge in [-0.3, -0.25) is 4.90 Å². The Bertz CT molecular complexity index is 847. The Kier molecular flexibility index (Phi) is 2.87. The summed E-state index contributed by atoms with van der Waals surface area (Å²) in [5, 5.41) is 30.3. The molecule has 2 aromatic carbocycles. The predicted molar refractivity (Wildman–Crippen MR) is 84.3 cm³/mol. The largest absolute Gasteiger partial charge is 0.508 e. The van der Waals surface area contributed by atoms with Crippen molar-refractivity contribution in [2.24, 2.45) is 0 Å². The van der Waals surface area contributed by atoms with Crippen LogP contribution < -0.4 is 0 Å².